The fourth-order valence-corrected chi connectivity index (χ4v) is 6.34. The molecule has 0 aromatic carbocycles. The fraction of sp³-hybridized carbons (Fsp3) is 1.00. The molecule has 0 N–H and O–H groups in total. The van der Waals surface area contributed by atoms with Crippen LogP contribution in [0.5, 0.6) is 0 Å². The third-order valence-corrected chi connectivity index (χ3v) is 8.34. The van der Waals surface area contributed by atoms with Gasteiger partial charge < -0.3 is 18.9 Å². The van der Waals surface area contributed by atoms with Crippen molar-refractivity contribution < 1.29 is 18.9 Å². The van der Waals surface area contributed by atoms with Crippen molar-refractivity contribution in [3.63, 3.8) is 0 Å². The molecule has 0 unspecified atom stereocenters. The smallest absolute Gasteiger partial charge is 0.0860 e. The summed E-state index contributed by atoms with van der Waals surface area (Å²) < 4.78 is 21.2. The summed E-state index contributed by atoms with van der Waals surface area (Å²) in [5.74, 6) is 3.14. The molecule has 3 heterocycles. The lowest BCUT2D eigenvalue weighted by Gasteiger charge is -2.20. The highest BCUT2D eigenvalue weighted by molar-refractivity contribution is 8.00. The second-order valence-corrected chi connectivity index (χ2v) is 10.5. The van der Waals surface area contributed by atoms with Gasteiger partial charge in [0.05, 0.1) is 24.4 Å². The Hall–Kier alpha value is 0.540. The summed E-state index contributed by atoms with van der Waals surface area (Å²) >= 11 is 4.05. The average Bonchev–Trinajstić information content (AvgIpc) is 3.41. The van der Waals surface area contributed by atoms with Crippen LogP contribution in [0, 0.1) is 5.92 Å². The summed E-state index contributed by atoms with van der Waals surface area (Å²) in [6.07, 6.45) is 6.52. The highest BCUT2D eigenvalue weighted by Crippen LogP contribution is 2.30. The largest absolute Gasteiger partial charge is 0.380 e. The number of ether oxygens (including phenoxy) is 4. The van der Waals surface area contributed by atoms with Gasteiger partial charge in [-0.25, -0.2) is 0 Å². The third kappa shape index (κ3) is 8.83. The summed E-state index contributed by atoms with van der Waals surface area (Å²) in [5.41, 5.74) is 0. The molecule has 0 saturated carbocycles. The first-order chi connectivity index (χ1) is 13.0. The minimum absolute atomic E-state index is 0.324. The average molecular weight is 423 g/mol. The van der Waals surface area contributed by atoms with Crippen molar-refractivity contribution in [1.82, 2.24) is 0 Å². The van der Waals surface area contributed by atoms with Gasteiger partial charge in [0.1, 0.15) is 0 Å². The number of hydrogen-bond acceptors (Lipinski definition) is 6. The molecule has 0 amide bonds. The maximum atomic E-state index is 5.49. The highest BCUT2D eigenvalue weighted by atomic mass is 32.2. The molecule has 162 valence electrons. The summed E-state index contributed by atoms with van der Waals surface area (Å²) in [6, 6.07) is 0. The minimum Gasteiger partial charge on any atom is -0.380 e. The van der Waals surface area contributed by atoms with E-state index in [1.165, 1.54) is 30.8 Å². The molecule has 27 heavy (non-hydrogen) atoms. The lowest BCUT2D eigenvalue weighted by Crippen LogP contribution is -2.28. The Kier molecular flexibility index (Phi) is 13.7. The van der Waals surface area contributed by atoms with Gasteiger partial charge in [-0.1, -0.05) is 27.7 Å². The van der Waals surface area contributed by atoms with Crippen molar-refractivity contribution in [2.45, 2.75) is 88.3 Å². The molecule has 3 rings (SSSR count). The van der Waals surface area contributed by atoms with E-state index >= 15 is 0 Å². The first-order valence-corrected chi connectivity index (χ1v) is 12.5. The van der Waals surface area contributed by atoms with Gasteiger partial charge in [-0.3, -0.25) is 0 Å². The summed E-state index contributed by atoms with van der Waals surface area (Å²) in [6.45, 7) is 9.66. The van der Waals surface area contributed by atoms with Gasteiger partial charge in [-0.2, -0.15) is 23.5 Å². The highest BCUT2D eigenvalue weighted by Gasteiger charge is 2.30. The van der Waals surface area contributed by atoms with E-state index in [1.807, 2.05) is 18.9 Å². The Morgan fingerprint density at radius 1 is 0.889 bits per heavy atom. The second-order valence-electron chi connectivity index (χ2n) is 7.66. The van der Waals surface area contributed by atoms with Gasteiger partial charge in [-0.05, 0) is 43.1 Å². The van der Waals surface area contributed by atoms with Crippen LogP contribution in [0.15, 0.2) is 0 Å². The van der Waals surface area contributed by atoms with E-state index in [1.54, 1.807) is 14.2 Å². The van der Waals surface area contributed by atoms with Gasteiger partial charge >= 0.3 is 0 Å². The number of methoxy groups -OCH3 is 3. The predicted octanol–water partition coefficient (Wildman–Crippen LogP) is 4.89. The van der Waals surface area contributed by atoms with E-state index in [0.717, 1.165) is 23.5 Å². The third-order valence-electron chi connectivity index (χ3n) is 5.50. The van der Waals surface area contributed by atoms with E-state index in [0.29, 0.717) is 30.3 Å². The fourth-order valence-electron chi connectivity index (χ4n) is 3.77. The summed E-state index contributed by atoms with van der Waals surface area (Å²) in [4.78, 5) is 0. The van der Waals surface area contributed by atoms with Crippen molar-refractivity contribution in [3.8, 4) is 0 Å². The van der Waals surface area contributed by atoms with E-state index in [-0.39, 0.29) is 0 Å². The lowest BCUT2D eigenvalue weighted by molar-refractivity contribution is -0.00915. The van der Waals surface area contributed by atoms with Crippen LogP contribution in [0.2, 0.25) is 0 Å². The van der Waals surface area contributed by atoms with Crippen LogP contribution in [0.4, 0.5) is 0 Å². The molecule has 0 bridgehead atoms. The van der Waals surface area contributed by atoms with E-state index in [4.69, 9.17) is 18.9 Å². The Morgan fingerprint density at radius 3 is 1.85 bits per heavy atom. The van der Waals surface area contributed by atoms with Crippen molar-refractivity contribution in [2.75, 3.05) is 39.4 Å². The summed E-state index contributed by atoms with van der Waals surface area (Å²) in [5, 5.41) is 1.50. The lowest BCUT2D eigenvalue weighted by atomic mass is 10.0. The normalized spacial score (nSPS) is 35.6. The predicted molar refractivity (Wildman–Crippen MR) is 119 cm³/mol. The van der Waals surface area contributed by atoms with Crippen LogP contribution < -0.4 is 0 Å². The molecule has 4 nitrogen and oxygen atoms in total. The molecule has 3 saturated heterocycles. The zero-order valence-electron chi connectivity index (χ0n) is 18.4. The molecule has 3 fully saturated rings. The molecule has 0 aromatic heterocycles. The first kappa shape index (κ1) is 25.6. The van der Waals surface area contributed by atoms with Gasteiger partial charge in [0.2, 0.25) is 0 Å². The van der Waals surface area contributed by atoms with Crippen molar-refractivity contribution in [1.29, 1.82) is 0 Å². The van der Waals surface area contributed by atoms with Crippen LogP contribution in [0.25, 0.3) is 0 Å². The molecule has 0 aromatic rings. The number of thioether (sulfide) groups is 2. The number of rotatable bonds is 5. The van der Waals surface area contributed by atoms with Crippen molar-refractivity contribution in [2.24, 2.45) is 5.92 Å². The van der Waals surface area contributed by atoms with Gasteiger partial charge in [0.25, 0.3) is 0 Å². The van der Waals surface area contributed by atoms with E-state index < -0.39 is 0 Å². The van der Waals surface area contributed by atoms with Gasteiger partial charge in [0, 0.05) is 38.4 Å². The molecule has 6 heteroatoms. The molecule has 0 radical (unpaired) electrons. The van der Waals surface area contributed by atoms with Gasteiger partial charge in [-0.15, -0.1) is 0 Å². The zero-order chi connectivity index (χ0) is 20.2. The maximum Gasteiger partial charge on any atom is 0.0860 e. The van der Waals surface area contributed by atoms with Gasteiger partial charge in [0.15, 0.2) is 0 Å². The van der Waals surface area contributed by atoms with Crippen LogP contribution in [-0.4, -0.2) is 74.4 Å². The Labute approximate surface area is 176 Å². The molecular formula is C21H42O4S2. The number of hydrogen-bond donors (Lipinski definition) is 0. The van der Waals surface area contributed by atoms with Crippen molar-refractivity contribution in [3.05, 3.63) is 0 Å². The molecule has 3 aliphatic rings. The standard InChI is InChI=1S/C8H16O2.C7H14OS.C6H12OS/c1-6(2)8-7(9-3)4-5-10-8;1-3-7-6(8-2)4-5-9-7;1-5-6(7-2)3-4-8-5/h6-8H,4-5H2,1-3H3;6-7H,3-5H2,1-2H3;5-6H,3-4H2,1-2H3/t7-,8-;6-,7-;5-,6-/m001/s1. The zero-order valence-corrected chi connectivity index (χ0v) is 20.1. The maximum absolute atomic E-state index is 5.49. The Balaban J connectivity index is 0.000000204. The minimum atomic E-state index is 0.324. The molecule has 3 aliphatic heterocycles. The SMILES string of the molecule is CC[C@@H]1SCC[C@@H]1OC.CO[C@@H]1CCS[C@@H]1C.CO[C@H]1CCO[C@H]1C(C)C. The molecule has 6 atom stereocenters. The van der Waals surface area contributed by atoms with Crippen LogP contribution in [0.3, 0.4) is 0 Å². The summed E-state index contributed by atoms with van der Waals surface area (Å²) in [7, 11) is 5.38. The van der Waals surface area contributed by atoms with E-state index in [2.05, 4.69) is 39.5 Å². The Bertz CT molecular complexity index is 360. The Morgan fingerprint density at radius 2 is 1.48 bits per heavy atom. The monoisotopic (exact) mass is 422 g/mol. The van der Waals surface area contributed by atoms with E-state index in [9.17, 15) is 0 Å². The van der Waals surface area contributed by atoms with Crippen LogP contribution in [0.1, 0.15) is 53.4 Å². The first-order valence-electron chi connectivity index (χ1n) is 10.4. The molecular weight excluding hydrogens is 380 g/mol. The van der Waals surface area contributed by atoms with Crippen LogP contribution >= 0.6 is 23.5 Å². The second kappa shape index (κ2) is 14.5. The molecule has 0 spiro atoms. The quantitative estimate of drug-likeness (QED) is 0.628. The topological polar surface area (TPSA) is 36.9 Å². The van der Waals surface area contributed by atoms with Crippen LogP contribution in [-0.2, 0) is 18.9 Å². The van der Waals surface area contributed by atoms with Crippen molar-refractivity contribution >= 4 is 23.5 Å². The molecule has 0 aliphatic carbocycles.